The fraction of sp³-hybridized carbons (Fsp3) is 0.755. The molecule has 0 aliphatic rings. The Morgan fingerprint density at radius 2 is 0.610 bits per heavy atom. The van der Waals surface area contributed by atoms with Crippen LogP contribution in [-0.2, 0) is 87.9 Å². The van der Waals surface area contributed by atoms with Crippen LogP contribution in [-0.4, -0.2) is 152 Å². The van der Waals surface area contributed by atoms with Gasteiger partial charge in [0.1, 0.15) is 75.1 Å². The summed E-state index contributed by atoms with van der Waals surface area (Å²) in [5.41, 5.74) is 0.986. The number of ketones is 15. The number of amides is 2. The molecule has 0 aliphatic heterocycles. The van der Waals surface area contributed by atoms with Gasteiger partial charge < -0.3 is 26.4 Å². The van der Waals surface area contributed by atoms with Crippen LogP contribution in [0.4, 0.5) is 0 Å². The van der Waals surface area contributed by atoms with Crippen LogP contribution < -0.4 is 21.3 Å². The zero-order valence-corrected chi connectivity index (χ0v) is 80.4. The summed E-state index contributed by atoms with van der Waals surface area (Å²) in [5.74, 6) is 4.21. The van der Waals surface area contributed by atoms with E-state index in [1.807, 2.05) is 131 Å². The molecule has 0 bridgehead atoms. The number of phenolic OH excluding ortho intramolecular Hbond substituents is 1. The fourth-order valence-corrected chi connectivity index (χ4v) is 12.2. The van der Waals surface area contributed by atoms with E-state index in [4.69, 9.17) is 0 Å². The molecule has 0 aromatic heterocycles. The van der Waals surface area contributed by atoms with Crippen LogP contribution in [0.25, 0.3) is 0 Å². The lowest BCUT2D eigenvalue weighted by molar-refractivity contribution is -0.133. The monoisotopic (exact) mass is 1700 g/mol. The maximum absolute atomic E-state index is 12.4. The summed E-state index contributed by atoms with van der Waals surface area (Å²) in [6.07, 6.45) is 6.51. The molecule has 0 saturated heterocycles. The smallest absolute Gasteiger partial charge is 0.223 e. The van der Waals surface area contributed by atoms with Crippen LogP contribution in [0.5, 0.6) is 5.75 Å². The summed E-state index contributed by atoms with van der Waals surface area (Å²) < 4.78 is 0. The molecular weight excluding hydrogens is 1540 g/mol. The Bertz CT molecular complexity index is 2950. The second-order valence-electron chi connectivity index (χ2n) is 35.3. The number of hydrogen-bond donors (Lipinski definition) is 5. The maximum atomic E-state index is 12.4. The van der Waals surface area contributed by atoms with Crippen molar-refractivity contribution in [1.29, 1.82) is 0 Å². The van der Waals surface area contributed by atoms with E-state index in [9.17, 15) is 86.6 Å². The van der Waals surface area contributed by atoms with Crippen molar-refractivity contribution in [3.8, 4) is 5.75 Å². The molecule has 1 aromatic rings. The Kier molecular flexibility index (Phi) is 75.0. The molecule has 5 N–H and O–H groups in total. The molecule has 0 aliphatic carbocycles. The highest BCUT2D eigenvalue weighted by molar-refractivity contribution is 8.76. The lowest BCUT2D eigenvalue weighted by Gasteiger charge is -2.21. The van der Waals surface area contributed by atoms with Gasteiger partial charge in [-0.3, -0.25) is 81.5 Å². The minimum Gasteiger partial charge on any atom is -0.508 e. The Hall–Kier alpha value is -6.37. The molecule has 22 nitrogen and oxygen atoms in total. The molecule has 2 unspecified atom stereocenters. The minimum atomic E-state index is -0.685. The zero-order chi connectivity index (χ0) is 92.8. The SMILES string of the molecule is CC(C)C(=O)CC(NC(=O)C(C)C)C(=O)C(C)C.CC(C)C(=O)CCC(=O)CCC(=O)C(C)C.CC(C)C(=O)CCC(=O)CCC(=O)C(C)C.CC(C)C(=O)CCC(=O)CCC(=O)NCC(=O)C(C)C.CC(C)CSSCC(C)C.CC(C)NC(Cc1ccc(O)cc1)C(=O)CCC(=O)C(C)C.CC(C)NCCCC(=O)CCC(=O)C(C)C. The number of hydrogen-bond acceptors (Lipinski definition) is 22. The second-order valence-corrected chi connectivity index (χ2v) is 37.8. The van der Waals surface area contributed by atoms with Crippen LogP contribution in [0.2, 0.25) is 0 Å². The van der Waals surface area contributed by atoms with Crippen LogP contribution in [0.15, 0.2) is 24.3 Å². The lowest BCUT2D eigenvalue weighted by Crippen LogP contribution is -2.45. The highest BCUT2D eigenvalue weighted by Gasteiger charge is 2.28. The number of benzene rings is 1. The van der Waals surface area contributed by atoms with Crippen molar-refractivity contribution in [2.45, 2.75) is 360 Å². The largest absolute Gasteiger partial charge is 0.508 e. The van der Waals surface area contributed by atoms with Crippen LogP contribution in [0, 0.1) is 76.9 Å². The second kappa shape index (κ2) is 72.3. The van der Waals surface area contributed by atoms with Gasteiger partial charge in [0.25, 0.3) is 0 Å². The van der Waals surface area contributed by atoms with Crippen molar-refractivity contribution < 1.29 is 86.6 Å². The number of nitrogens with one attached hydrogen (secondary N) is 4. The van der Waals surface area contributed by atoms with Gasteiger partial charge in [-0.15, -0.1) is 0 Å². The third kappa shape index (κ3) is 75.8. The highest BCUT2D eigenvalue weighted by Crippen LogP contribution is 2.26. The predicted octanol–water partition coefficient (Wildman–Crippen LogP) is 17.7. The van der Waals surface area contributed by atoms with Gasteiger partial charge in [0.2, 0.25) is 11.8 Å². The van der Waals surface area contributed by atoms with Gasteiger partial charge in [0.15, 0.2) is 17.3 Å². The lowest BCUT2D eigenvalue weighted by atomic mass is 9.93. The first-order chi connectivity index (χ1) is 54.4. The summed E-state index contributed by atoms with van der Waals surface area (Å²) in [4.78, 5) is 196. The average molecular weight is 1700 g/mol. The van der Waals surface area contributed by atoms with Gasteiger partial charge in [0.05, 0.1) is 18.6 Å². The molecule has 0 saturated carbocycles. The van der Waals surface area contributed by atoms with E-state index in [0.29, 0.717) is 63.8 Å². The third-order valence-corrected chi connectivity index (χ3v) is 21.0. The average Bonchev–Trinajstić information content (AvgIpc) is 0.883. The number of aromatic hydroxyl groups is 1. The Balaban J connectivity index is -0.000000313. The van der Waals surface area contributed by atoms with Crippen molar-refractivity contribution in [2.75, 3.05) is 24.6 Å². The van der Waals surface area contributed by atoms with E-state index in [0.717, 1.165) is 30.4 Å². The minimum absolute atomic E-state index is 0.00180. The van der Waals surface area contributed by atoms with Gasteiger partial charge in [-0.2, -0.15) is 0 Å². The normalized spacial score (nSPS) is 11.6. The number of carbonyl (C=O) groups excluding carboxylic acids is 17. The number of rotatable bonds is 56. The number of Topliss-reactive ketones (excluding diaryl/α,β-unsaturated/α-hetero) is 15. The van der Waals surface area contributed by atoms with Crippen molar-refractivity contribution in [3.63, 3.8) is 0 Å². The summed E-state index contributed by atoms with van der Waals surface area (Å²) in [5, 5.41) is 21.0. The van der Waals surface area contributed by atoms with E-state index in [2.05, 4.69) is 62.8 Å². The Morgan fingerprint density at radius 1 is 0.314 bits per heavy atom. The van der Waals surface area contributed by atoms with Gasteiger partial charge in [-0.1, -0.05) is 241 Å². The molecule has 1 rings (SSSR count). The topological polar surface area (TPSA) is 359 Å². The molecule has 2 atom stereocenters. The van der Waals surface area contributed by atoms with Gasteiger partial charge in [-0.05, 0) is 48.9 Å². The standard InChI is InChI=1S/C18H27NO3.C15H25NO4.C14H25NO3.C13H25NO2.2C13H22O3.C8H18S2/c1-12(2)17(21)9-10-18(22)16(19-13(3)4)11-14-5-7-15(20)8-6-14;1-10(2)13(18)7-5-12(17)6-8-15(20)16-9-14(19)11(3)4;1-8(2)12(16)7-11(13(17)9(3)4)15-14(18)10(5)6;1-10(2)13(16)8-7-12(15)6-5-9-14-11(3)4;2*1-9(2)12(15)7-5-11(14)6-8-13(16)10(3)4;1-7(2)5-9-10-6-8(3)4/h5-8,12-13,16,19-20H,9-11H2,1-4H3;10-11H,5-9H2,1-4H3,(H,16,20);8-11H,7H2,1-6H3,(H,15,18);10-11,14H,5-9H2,1-4H3;2*9-10H,5-8H2,1-4H3;7-8H,5-6H2,1-4H3. The molecule has 0 fully saturated rings. The van der Waals surface area contributed by atoms with E-state index < -0.39 is 6.04 Å². The van der Waals surface area contributed by atoms with Crippen molar-refractivity contribution in [2.24, 2.45) is 76.9 Å². The summed E-state index contributed by atoms with van der Waals surface area (Å²) in [7, 11) is 4.01. The molecule has 2 amide bonds. The zero-order valence-electron chi connectivity index (χ0n) is 78.8. The molecule has 680 valence electrons. The summed E-state index contributed by atoms with van der Waals surface area (Å²) in [6.45, 7) is 58.0. The van der Waals surface area contributed by atoms with E-state index in [1.54, 1.807) is 81.4 Å². The van der Waals surface area contributed by atoms with Gasteiger partial charge in [-0.25, -0.2) is 0 Å². The van der Waals surface area contributed by atoms with E-state index >= 15 is 0 Å². The molecule has 0 heterocycles. The first-order valence-electron chi connectivity index (χ1n) is 43.4. The highest BCUT2D eigenvalue weighted by atomic mass is 33.1. The maximum Gasteiger partial charge on any atom is 0.223 e. The fourth-order valence-electron chi connectivity index (χ4n) is 9.23. The van der Waals surface area contributed by atoms with Gasteiger partial charge in [0, 0.05) is 204 Å². The molecular formula is C94H164N4O18S2. The number of phenols is 1. The number of carbonyl (C=O) groups is 17. The van der Waals surface area contributed by atoms with E-state index in [-0.39, 0.29) is 252 Å². The predicted molar refractivity (Wildman–Crippen MR) is 483 cm³/mol. The first kappa shape index (κ1) is 122. The van der Waals surface area contributed by atoms with Crippen LogP contribution >= 0.6 is 21.6 Å². The molecule has 0 radical (unpaired) electrons. The van der Waals surface area contributed by atoms with Crippen LogP contribution in [0.3, 0.4) is 0 Å². The third-order valence-electron chi connectivity index (χ3n) is 17.9. The van der Waals surface area contributed by atoms with Crippen molar-refractivity contribution >= 4 is 120 Å². The quantitative estimate of drug-likeness (QED) is 0.0299. The Morgan fingerprint density at radius 3 is 0.890 bits per heavy atom. The first-order valence-corrected chi connectivity index (χ1v) is 45.9. The van der Waals surface area contributed by atoms with Crippen molar-refractivity contribution in [3.05, 3.63) is 29.8 Å². The van der Waals surface area contributed by atoms with Crippen molar-refractivity contribution in [1.82, 2.24) is 21.3 Å². The summed E-state index contributed by atoms with van der Waals surface area (Å²) in [6, 6.07) is 6.54. The molecule has 1 aromatic carbocycles. The van der Waals surface area contributed by atoms with Crippen LogP contribution in [0.1, 0.15) is 335 Å². The van der Waals surface area contributed by atoms with E-state index in [1.165, 1.54) is 11.5 Å². The molecule has 118 heavy (non-hydrogen) atoms. The summed E-state index contributed by atoms with van der Waals surface area (Å²) >= 11 is 0. The Labute approximate surface area is 721 Å². The molecule has 0 spiro atoms. The molecule has 24 heteroatoms. The van der Waals surface area contributed by atoms with Gasteiger partial charge >= 0.3 is 0 Å².